The number of azo groups is 1. The molecule has 0 unspecified atom stereocenters. The van der Waals surface area contributed by atoms with Crippen molar-refractivity contribution < 1.29 is 0 Å². The van der Waals surface area contributed by atoms with E-state index in [9.17, 15) is 0 Å². The number of nitrogen functional groups attached to an aromatic ring is 2. The van der Waals surface area contributed by atoms with Gasteiger partial charge in [0, 0.05) is 5.56 Å². The van der Waals surface area contributed by atoms with E-state index in [1.54, 1.807) is 4.68 Å². The molecule has 0 saturated carbocycles. The molecule has 0 aliphatic heterocycles. The number of hydrogen-bond acceptors (Lipinski definition) is 7. The van der Waals surface area contributed by atoms with Crippen molar-refractivity contribution in [1.29, 1.82) is 0 Å². The quantitative estimate of drug-likeness (QED) is 0.398. The second-order valence-electron chi connectivity index (χ2n) is 6.91. The largest absolute Gasteiger partial charge is 0.382 e. The fourth-order valence-corrected chi connectivity index (χ4v) is 3.29. The number of anilines is 2. The van der Waals surface area contributed by atoms with Crippen LogP contribution < -0.4 is 11.5 Å². The maximum atomic E-state index is 6.44. The molecule has 2 aromatic heterocycles. The molecule has 0 spiro atoms. The van der Waals surface area contributed by atoms with Gasteiger partial charge < -0.3 is 11.5 Å². The van der Waals surface area contributed by atoms with Crippen molar-refractivity contribution in [3.63, 3.8) is 0 Å². The van der Waals surface area contributed by atoms with E-state index in [-0.39, 0.29) is 11.9 Å². The van der Waals surface area contributed by atoms with Gasteiger partial charge in [-0.15, -0.1) is 15.3 Å². The van der Waals surface area contributed by atoms with Crippen LogP contribution in [-0.2, 0) is 0 Å². The van der Waals surface area contributed by atoms with Crippen molar-refractivity contribution in [2.75, 3.05) is 11.5 Å². The van der Waals surface area contributed by atoms with Crippen LogP contribution in [0.2, 0.25) is 0 Å². The summed E-state index contributed by atoms with van der Waals surface area (Å²) in [6.45, 7) is 0. The average molecular weight is 421 g/mol. The lowest BCUT2D eigenvalue weighted by molar-refractivity contribution is 0.885. The number of para-hydroxylation sites is 2. The van der Waals surface area contributed by atoms with Gasteiger partial charge in [-0.3, -0.25) is 0 Å². The zero-order valence-electron chi connectivity index (χ0n) is 16.9. The highest BCUT2D eigenvalue weighted by Crippen LogP contribution is 2.37. The smallest absolute Gasteiger partial charge is 0.289 e. The molecule has 2 heterocycles. The van der Waals surface area contributed by atoms with Crippen LogP contribution in [0.1, 0.15) is 0 Å². The molecule has 0 atom stereocenters. The Bertz CT molecular complexity index is 1370. The van der Waals surface area contributed by atoms with Gasteiger partial charge in [-0.05, 0) is 24.3 Å². The summed E-state index contributed by atoms with van der Waals surface area (Å²) in [6, 6.07) is 28.7. The van der Waals surface area contributed by atoms with Crippen LogP contribution >= 0.6 is 0 Å². The highest BCUT2D eigenvalue weighted by atomic mass is 15.4. The monoisotopic (exact) mass is 421 g/mol. The predicted molar refractivity (Wildman–Crippen MR) is 123 cm³/mol. The molecule has 0 aliphatic carbocycles. The van der Waals surface area contributed by atoms with E-state index in [1.807, 2.05) is 91.0 Å². The molecule has 32 heavy (non-hydrogen) atoms. The summed E-state index contributed by atoms with van der Waals surface area (Å²) in [4.78, 5) is 4.20. The van der Waals surface area contributed by atoms with Crippen molar-refractivity contribution in [2.45, 2.75) is 0 Å². The molecule has 0 amide bonds. The van der Waals surface area contributed by atoms with Crippen LogP contribution in [0.5, 0.6) is 0 Å². The molecule has 4 N–H and O–H groups in total. The van der Waals surface area contributed by atoms with Gasteiger partial charge in [0.1, 0.15) is 5.69 Å². The Morgan fingerprint density at radius 1 is 0.625 bits per heavy atom. The van der Waals surface area contributed by atoms with E-state index in [1.165, 1.54) is 4.68 Å². The van der Waals surface area contributed by atoms with E-state index in [4.69, 9.17) is 16.6 Å². The standard InChI is InChI=1S/C23H19N9/c24-21-20(27-28-23-26-22(25)32(30-23)18-14-8-3-9-15-18)19(16-10-4-1-5-11-16)29-31(21)17-12-6-2-7-13-17/h1-15H,24H2,(H2,25,26,30). The van der Waals surface area contributed by atoms with Gasteiger partial charge >= 0.3 is 0 Å². The third-order valence-electron chi connectivity index (χ3n) is 4.80. The van der Waals surface area contributed by atoms with Gasteiger partial charge in [0.2, 0.25) is 5.95 Å². The minimum absolute atomic E-state index is 0.122. The van der Waals surface area contributed by atoms with Gasteiger partial charge in [0.15, 0.2) is 11.5 Å². The van der Waals surface area contributed by atoms with Crippen LogP contribution in [0, 0.1) is 0 Å². The van der Waals surface area contributed by atoms with E-state index in [0.717, 1.165) is 16.9 Å². The van der Waals surface area contributed by atoms with E-state index < -0.39 is 0 Å². The Morgan fingerprint density at radius 2 is 1.19 bits per heavy atom. The molecule has 9 nitrogen and oxygen atoms in total. The molecule has 0 aliphatic rings. The summed E-state index contributed by atoms with van der Waals surface area (Å²) in [6.07, 6.45) is 0. The topological polar surface area (TPSA) is 125 Å². The maximum absolute atomic E-state index is 6.44. The van der Waals surface area contributed by atoms with Crippen molar-refractivity contribution in [2.24, 2.45) is 10.2 Å². The summed E-state index contributed by atoms with van der Waals surface area (Å²) in [5.41, 5.74) is 16.0. The van der Waals surface area contributed by atoms with Crippen LogP contribution in [0.3, 0.4) is 0 Å². The van der Waals surface area contributed by atoms with E-state index in [2.05, 4.69) is 20.3 Å². The predicted octanol–water partition coefficient (Wildman–Crippen LogP) is 4.70. The Morgan fingerprint density at radius 3 is 1.81 bits per heavy atom. The minimum Gasteiger partial charge on any atom is -0.382 e. The Kier molecular flexibility index (Phi) is 4.89. The summed E-state index contributed by atoms with van der Waals surface area (Å²) < 4.78 is 3.14. The Balaban J connectivity index is 1.58. The summed E-state index contributed by atoms with van der Waals surface area (Å²) >= 11 is 0. The third kappa shape index (κ3) is 3.58. The first kappa shape index (κ1) is 19.2. The zero-order valence-corrected chi connectivity index (χ0v) is 16.9. The second kappa shape index (κ2) is 8.15. The lowest BCUT2D eigenvalue weighted by Gasteiger charge is -2.02. The summed E-state index contributed by atoms with van der Waals surface area (Å²) in [5, 5.41) is 17.6. The van der Waals surface area contributed by atoms with E-state index >= 15 is 0 Å². The van der Waals surface area contributed by atoms with Gasteiger partial charge in [-0.25, -0.2) is 4.68 Å². The third-order valence-corrected chi connectivity index (χ3v) is 4.80. The highest BCUT2D eigenvalue weighted by Gasteiger charge is 2.19. The van der Waals surface area contributed by atoms with Crippen molar-refractivity contribution in [3.8, 4) is 22.6 Å². The molecule has 156 valence electrons. The lowest BCUT2D eigenvalue weighted by atomic mass is 10.1. The lowest BCUT2D eigenvalue weighted by Crippen LogP contribution is -2.01. The molecule has 0 radical (unpaired) electrons. The number of aromatic nitrogens is 5. The normalized spacial score (nSPS) is 11.2. The average Bonchev–Trinajstić information content (AvgIpc) is 3.38. The number of rotatable bonds is 5. The van der Waals surface area contributed by atoms with Crippen molar-refractivity contribution >= 4 is 23.4 Å². The molecular weight excluding hydrogens is 402 g/mol. The Hall–Kier alpha value is -4.79. The SMILES string of the molecule is Nc1nc(N=Nc2c(-c3ccccc3)nn(-c3ccccc3)c2N)nn1-c1ccccc1. The first-order valence-corrected chi connectivity index (χ1v) is 9.90. The second-order valence-corrected chi connectivity index (χ2v) is 6.91. The number of nitrogens with zero attached hydrogens (tertiary/aromatic N) is 7. The summed E-state index contributed by atoms with van der Waals surface area (Å²) in [7, 11) is 0. The Labute approximate surface area is 183 Å². The van der Waals surface area contributed by atoms with E-state index in [0.29, 0.717) is 17.2 Å². The minimum atomic E-state index is 0.122. The molecule has 5 aromatic rings. The number of hydrogen-bond donors (Lipinski definition) is 2. The molecule has 0 saturated heterocycles. The van der Waals surface area contributed by atoms with Gasteiger partial charge in [-0.1, -0.05) is 66.7 Å². The molecular formula is C23H19N9. The van der Waals surface area contributed by atoms with Gasteiger partial charge in [0.25, 0.3) is 5.95 Å². The summed E-state index contributed by atoms with van der Waals surface area (Å²) in [5.74, 6) is 0.688. The van der Waals surface area contributed by atoms with Crippen molar-refractivity contribution in [3.05, 3.63) is 91.0 Å². The first-order valence-electron chi connectivity index (χ1n) is 9.90. The van der Waals surface area contributed by atoms with Gasteiger partial charge in [-0.2, -0.15) is 14.8 Å². The molecule has 3 aromatic carbocycles. The van der Waals surface area contributed by atoms with Crippen LogP contribution in [0.25, 0.3) is 22.6 Å². The number of nitrogens with two attached hydrogens (primary N) is 2. The number of benzene rings is 3. The first-order chi connectivity index (χ1) is 15.7. The highest BCUT2D eigenvalue weighted by molar-refractivity contribution is 5.80. The van der Waals surface area contributed by atoms with Crippen molar-refractivity contribution in [1.82, 2.24) is 24.5 Å². The fourth-order valence-electron chi connectivity index (χ4n) is 3.29. The molecule has 5 rings (SSSR count). The molecule has 0 bridgehead atoms. The maximum Gasteiger partial charge on any atom is 0.289 e. The molecule has 0 fully saturated rings. The fraction of sp³-hybridized carbons (Fsp3) is 0. The zero-order chi connectivity index (χ0) is 21.9. The molecule has 9 heteroatoms. The van der Waals surface area contributed by atoms with Crippen LogP contribution in [0.15, 0.2) is 101 Å². The van der Waals surface area contributed by atoms with Crippen LogP contribution in [-0.4, -0.2) is 24.5 Å². The van der Waals surface area contributed by atoms with Crippen LogP contribution in [0.4, 0.5) is 23.4 Å². The van der Waals surface area contributed by atoms with Gasteiger partial charge in [0.05, 0.1) is 11.4 Å².